The Kier molecular flexibility index (Phi) is 3.28. The Labute approximate surface area is 101 Å². The zero-order valence-electron chi connectivity index (χ0n) is 9.28. The maximum atomic E-state index is 11.6. The van der Waals surface area contributed by atoms with Gasteiger partial charge in [-0.05, 0) is 6.92 Å². The van der Waals surface area contributed by atoms with E-state index in [0.717, 1.165) is 0 Å². The molecule has 2 amide bonds. The van der Waals surface area contributed by atoms with Crippen LogP contribution in [-0.2, 0) is 7.05 Å². The highest BCUT2D eigenvalue weighted by atomic mass is 32.1. The third-order valence-electron chi connectivity index (χ3n) is 2.06. The number of hydrogen-bond donors (Lipinski definition) is 2. The van der Waals surface area contributed by atoms with E-state index >= 15 is 0 Å². The van der Waals surface area contributed by atoms with E-state index in [1.807, 2.05) is 14.0 Å². The second-order valence-corrected chi connectivity index (χ2v) is 4.20. The number of anilines is 1. The molecule has 0 fully saturated rings. The highest BCUT2D eigenvalue weighted by Crippen LogP contribution is 2.10. The van der Waals surface area contributed by atoms with Crippen LogP contribution in [0.3, 0.4) is 0 Å². The van der Waals surface area contributed by atoms with Crippen molar-refractivity contribution in [2.24, 2.45) is 7.05 Å². The molecule has 9 heteroatoms. The Hall–Kier alpha value is -2.03. The van der Waals surface area contributed by atoms with E-state index in [0.29, 0.717) is 11.0 Å². The average molecular weight is 253 g/mol. The summed E-state index contributed by atoms with van der Waals surface area (Å²) in [6, 6.07) is -0.590. The van der Waals surface area contributed by atoms with Crippen molar-refractivity contribution >= 4 is 22.5 Å². The van der Waals surface area contributed by atoms with E-state index in [4.69, 9.17) is 0 Å². The molecule has 2 aromatic rings. The molecule has 0 aliphatic heterocycles. The Balaban J connectivity index is 1.93. The van der Waals surface area contributed by atoms with Gasteiger partial charge in [-0.2, -0.15) is 0 Å². The van der Waals surface area contributed by atoms with Crippen molar-refractivity contribution in [1.82, 2.24) is 30.3 Å². The first kappa shape index (κ1) is 11.5. The highest BCUT2D eigenvalue weighted by Gasteiger charge is 2.14. The quantitative estimate of drug-likeness (QED) is 0.832. The van der Waals surface area contributed by atoms with Crippen LogP contribution in [-0.4, -0.2) is 31.0 Å². The largest absolute Gasteiger partial charge is 0.328 e. The molecule has 0 bridgehead atoms. The maximum Gasteiger partial charge on any atom is 0.321 e. The van der Waals surface area contributed by atoms with Crippen molar-refractivity contribution in [3.05, 3.63) is 17.7 Å². The summed E-state index contributed by atoms with van der Waals surface area (Å²) >= 11 is 1.25. The minimum Gasteiger partial charge on any atom is -0.328 e. The molecule has 2 rings (SSSR count). The van der Waals surface area contributed by atoms with Gasteiger partial charge in [0.05, 0.1) is 6.04 Å². The predicted octanol–water partition coefficient (Wildman–Crippen LogP) is 0.549. The molecule has 0 saturated carbocycles. The molecule has 1 atom stereocenters. The van der Waals surface area contributed by atoms with Crippen LogP contribution < -0.4 is 10.6 Å². The summed E-state index contributed by atoms with van der Waals surface area (Å²) in [6.45, 7) is 1.82. The van der Waals surface area contributed by atoms with E-state index in [1.54, 1.807) is 16.4 Å². The SMILES string of the molecule is CC(NC(=O)Nc1nncs1)c1nncn1C. The van der Waals surface area contributed by atoms with E-state index in [2.05, 4.69) is 31.0 Å². The first-order valence-corrected chi connectivity index (χ1v) is 5.72. The third-order valence-corrected chi connectivity index (χ3v) is 2.67. The van der Waals surface area contributed by atoms with Crippen LogP contribution in [0.5, 0.6) is 0 Å². The molecule has 2 N–H and O–H groups in total. The van der Waals surface area contributed by atoms with Crippen LogP contribution in [0.1, 0.15) is 18.8 Å². The fourth-order valence-corrected chi connectivity index (χ4v) is 1.75. The molecular formula is C8H11N7OS. The summed E-state index contributed by atoms with van der Waals surface area (Å²) in [5, 5.41) is 20.7. The third kappa shape index (κ3) is 2.75. The number of aromatic nitrogens is 5. The van der Waals surface area contributed by atoms with Crippen molar-refractivity contribution < 1.29 is 4.79 Å². The van der Waals surface area contributed by atoms with E-state index < -0.39 is 0 Å². The Morgan fingerprint density at radius 3 is 2.88 bits per heavy atom. The van der Waals surface area contributed by atoms with Crippen molar-refractivity contribution in [2.45, 2.75) is 13.0 Å². The minimum absolute atomic E-state index is 0.240. The lowest BCUT2D eigenvalue weighted by molar-refractivity contribution is 0.248. The number of carbonyl (C=O) groups is 1. The number of rotatable bonds is 3. The first-order chi connectivity index (χ1) is 8.16. The lowest BCUT2D eigenvalue weighted by Crippen LogP contribution is -2.32. The fourth-order valence-electron chi connectivity index (χ4n) is 1.31. The molecular weight excluding hydrogens is 242 g/mol. The molecule has 2 aromatic heterocycles. The van der Waals surface area contributed by atoms with Crippen LogP contribution in [0.15, 0.2) is 11.8 Å². The first-order valence-electron chi connectivity index (χ1n) is 4.84. The van der Waals surface area contributed by atoms with Gasteiger partial charge in [0.15, 0.2) is 5.82 Å². The van der Waals surface area contributed by atoms with Gasteiger partial charge in [-0.1, -0.05) is 11.3 Å². The van der Waals surface area contributed by atoms with Crippen LogP contribution in [0.25, 0.3) is 0 Å². The topological polar surface area (TPSA) is 97.6 Å². The van der Waals surface area contributed by atoms with Crippen molar-refractivity contribution in [3.8, 4) is 0 Å². The maximum absolute atomic E-state index is 11.6. The zero-order chi connectivity index (χ0) is 12.3. The normalized spacial score (nSPS) is 12.1. The molecule has 8 nitrogen and oxygen atoms in total. The van der Waals surface area contributed by atoms with Gasteiger partial charge in [0.1, 0.15) is 11.8 Å². The molecule has 1 unspecified atom stereocenters. The number of aryl methyl sites for hydroxylation is 1. The number of amides is 2. The van der Waals surface area contributed by atoms with Crippen LogP contribution >= 0.6 is 11.3 Å². The number of hydrogen-bond acceptors (Lipinski definition) is 6. The van der Waals surface area contributed by atoms with Gasteiger partial charge in [0.25, 0.3) is 0 Å². The van der Waals surface area contributed by atoms with Gasteiger partial charge in [0, 0.05) is 7.05 Å². The Morgan fingerprint density at radius 1 is 1.47 bits per heavy atom. The van der Waals surface area contributed by atoms with Crippen LogP contribution in [0.4, 0.5) is 9.93 Å². The molecule has 17 heavy (non-hydrogen) atoms. The molecule has 0 aliphatic rings. The van der Waals surface area contributed by atoms with E-state index in [9.17, 15) is 4.79 Å². The van der Waals surface area contributed by atoms with E-state index in [-0.39, 0.29) is 12.1 Å². The zero-order valence-corrected chi connectivity index (χ0v) is 10.1. The monoisotopic (exact) mass is 253 g/mol. The summed E-state index contributed by atoms with van der Waals surface area (Å²) in [5.74, 6) is 0.678. The van der Waals surface area contributed by atoms with Gasteiger partial charge >= 0.3 is 6.03 Å². The second-order valence-electron chi connectivity index (χ2n) is 3.36. The van der Waals surface area contributed by atoms with Crippen molar-refractivity contribution in [1.29, 1.82) is 0 Å². The lowest BCUT2D eigenvalue weighted by atomic mass is 10.3. The summed E-state index contributed by atoms with van der Waals surface area (Å²) in [7, 11) is 1.82. The number of nitrogens with one attached hydrogen (secondary N) is 2. The average Bonchev–Trinajstić information content (AvgIpc) is 2.88. The molecule has 0 aliphatic carbocycles. The van der Waals surface area contributed by atoms with Crippen LogP contribution in [0.2, 0.25) is 0 Å². The molecule has 0 saturated heterocycles. The van der Waals surface area contributed by atoms with Crippen molar-refractivity contribution in [2.75, 3.05) is 5.32 Å². The van der Waals surface area contributed by atoms with Gasteiger partial charge < -0.3 is 9.88 Å². The Bertz CT molecular complexity index is 494. The second kappa shape index (κ2) is 4.87. The number of nitrogens with zero attached hydrogens (tertiary/aromatic N) is 5. The predicted molar refractivity (Wildman–Crippen MR) is 61.5 cm³/mol. The van der Waals surface area contributed by atoms with Gasteiger partial charge in [-0.15, -0.1) is 20.4 Å². The molecule has 0 spiro atoms. The smallest absolute Gasteiger partial charge is 0.321 e. The van der Waals surface area contributed by atoms with Gasteiger partial charge in [-0.25, -0.2) is 4.79 Å². The molecule has 90 valence electrons. The minimum atomic E-state index is -0.350. The lowest BCUT2D eigenvalue weighted by Gasteiger charge is -2.12. The van der Waals surface area contributed by atoms with Gasteiger partial charge in [0.2, 0.25) is 5.13 Å². The summed E-state index contributed by atoms with van der Waals surface area (Å²) in [4.78, 5) is 11.6. The van der Waals surface area contributed by atoms with Crippen molar-refractivity contribution in [3.63, 3.8) is 0 Å². The molecule has 0 aromatic carbocycles. The summed E-state index contributed by atoms with van der Waals surface area (Å²) in [6.07, 6.45) is 1.58. The summed E-state index contributed by atoms with van der Waals surface area (Å²) < 4.78 is 1.75. The van der Waals surface area contributed by atoms with Crippen LogP contribution in [0, 0.1) is 0 Å². The molecule has 0 radical (unpaired) electrons. The number of urea groups is 1. The molecule has 2 heterocycles. The summed E-state index contributed by atoms with van der Waals surface area (Å²) in [5.41, 5.74) is 1.54. The highest BCUT2D eigenvalue weighted by molar-refractivity contribution is 7.13. The standard InChI is InChI=1S/C8H11N7OS/c1-5(6-13-9-3-15(6)2)11-7(16)12-8-14-10-4-17-8/h3-5H,1-2H3,(H2,11,12,14,16). The Morgan fingerprint density at radius 2 is 2.29 bits per heavy atom. The van der Waals surface area contributed by atoms with E-state index in [1.165, 1.54) is 11.3 Å². The fraction of sp³-hybridized carbons (Fsp3) is 0.375. The van der Waals surface area contributed by atoms with Gasteiger partial charge in [-0.3, -0.25) is 5.32 Å². The number of carbonyl (C=O) groups excluding carboxylic acids is 1.